The van der Waals surface area contributed by atoms with E-state index in [0.29, 0.717) is 6.04 Å². The summed E-state index contributed by atoms with van der Waals surface area (Å²) < 4.78 is 1.91. The summed E-state index contributed by atoms with van der Waals surface area (Å²) in [7, 11) is 22.1. The van der Waals surface area contributed by atoms with Gasteiger partial charge in [0.05, 0.1) is 6.04 Å². The Labute approximate surface area is 222 Å². The van der Waals surface area contributed by atoms with Gasteiger partial charge in [0.1, 0.15) is 5.01 Å². The average Bonchev–Trinajstić information content (AvgIpc) is 3.10. The Hall–Kier alpha value is -0.721. The molecule has 1 aromatic heterocycles. The number of benzene rings is 2. The van der Waals surface area contributed by atoms with Crippen molar-refractivity contribution in [3.8, 4) is 10.6 Å². The van der Waals surface area contributed by atoms with Gasteiger partial charge >= 0.3 is 49.6 Å². The summed E-state index contributed by atoms with van der Waals surface area (Å²) in [5, 5.41) is 9.07. The molecule has 0 amide bonds. The molecule has 0 saturated heterocycles. The Morgan fingerprint density at radius 3 is 1.97 bits per heavy atom. The molecule has 1 heterocycles. The summed E-state index contributed by atoms with van der Waals surface area (Å²) in [6.45, 7) is 0. The summed E-state index contributed by atoms with van der Waals surface area (Å²) in [6.07, 6.45) is 6.36. The minimum atomic E-state index is -3.29. The van der Waals surface area contributed by atoms with Crippen LogP contribution in [0.15, 0.2) is 53.5 Å². The molecule has 0 atom stereocenters. The van der Waals surface area contributed by atoms with Crippen LogP contribution in [0, 0.1) is 0 Å². The van der Waals surface area contributed by atoms with Crippen LogP contribution >= 0.6 is 47.0 Å². The third-order valence-corrected chi connectivity index (χ3v) is 5.97. The molecule has 0 bridgehead atoms. The molecule has 1 aliphatic rings. The Morgan fingerprint density at radius 1 is 0.941 bits per heavy atom. The summed E-state index contributed by atoms with van der Waals surface area (Å²) >= 11 is -1.62. The molecule has 2 aromatic carbocycles. The molecule has 0 spiro atoms. The number of nitrogen functional groups attached to an aromatic ring is 1. The number of halogens is 4. The molecule has 1 saturated carbocycles. The molecule has 7 nitrogen and oxygen atoms in total. The van der Waals surface area contributed by atoms with Crippen LogP contribution in [-0.2, 0) is 7.05 Å². The van der Waals surface area contributed by atoms with Gasteiger partial charge in [-0.1, -0.05) is 30.6 Å². The van der Waals surface area contributed by atoms with Crippen LogP contribution < -0.4 is 15.9 Å². The molecule has 34 heavy (non-hydrogen) atoms. The first kappa shape index (κ1) is 31.3. The van der Waals surface area contributed by atoms with Gasteiger partial charge in [-0.3, -0.25) is 4.99 Å². The zero-order valence-corrected chi connectivity index (χ0v) is 25.3. The van der Waals surface area contributed by atoms with Crippen molar-refractivity contribution in [2.24, 2.45) is 12.0 Å². The Morgan fingerprint density at radius 2 is 1.44 bits per heavy atom. The second-order valence-corrected chi connectivity index (χ2v) is 33.9. The minimum absolute atomic E-state index is 0. The number of aromatic nitrogens is 2. The van der Waals surface area contributed by atoms with Crippen LogP contribution in [0.3, 0.4) is 0 Å². The van der Waals surface area contributed by atoms with Gasteiger partial charge in [-0.25, -0.2) is 4.68 Å². The zero-order chi connectivity index (χ0) is 23.1. The fourth-order valence-corrected chi connectivity index (χ4v) is 4.34. The van der Waals surface area contributed by atoms with Crippen molar-refractivity contribution in [1.29, 1.82) is 0 Å². The number of aryl methyl sites for hydroxylation is 1. The van der Waals surface area contributed by atoms with Crippen LogP contribution in [-0.4, -0.2) is 40.6 Å². The predicted molar refractivity (Wildman–Crippen MR) is 149 cm³/mol. The number of nitrogens with one attached hydrogen (secondary N) is 1. The van der Waals surface area contributed by atoms with E-state index in [1.54, 1.807) is 11.3 Å². The second kappa shape index (κ2) is 14.7. The van der Waals surface area contributed by atoms with Crippen LogP contribution in [0.1, 0.15) is 32.1 Å². The van der Waals surface area contributed by atoms with Gasteiger partial charge in [0.2, 0.25) is 4.80 Å². The van der Waals surface area contributed by atoms with Crippen molar-refractivity contribution >= 4 is 78.0 Å². The van der Waals surface area contributed by atoms with E-state index in [2.05, 4.69) is 34.7 Å². The van der Waals surface area contributed by atoms with Gasteiger partial charge < -0.3 is 22.0 Å². The molecule has 3 aromatic rings. The number of rotatable bonds is 4. The topological polar surface area (TPSA) is 131 Å². The molecular formula is C21H29Cl4N5O2SSn. The van der Waals surface area contributed by atoms with Crippen molar-refractivity contribution in [1.82, 2.24) is 9.78 Å². The molecule has 7 N–H and O–H groups in total. The zero-order valence-electron chi connectivity index (χ0n) is 18.6. The first-order chi connectivity index (χ1) is 15.2. The van der Waals surface area contributed by atoms with Gasteiger partial charge in [0.15, 0.2) is 0 Å². The molecule has 0 unspecified atom stereocenters. The molecule has 13 heteroatoms. The number of anilines is 3. The maximum atomic E-state index is 5.73. The normalized spacial score (nSPS) is 14.3. The number of nitrogens with zero attached hydrogens (tertiary/aromatic N) is 3. The molecule has 1 fully saturated rings. The quantitative estimate of drug-likeness (QED) is 0.282. The molecule has 0 radical (unpaired) electrons. The third-order valence-electron chi connectivity index (χ3n) is 4.90. The van der Waals surface area contributed by atoms with Gasteiger partial charge in [0.25, 0.3) is 0 Å². The third kappa shape index (κ3) is 10.9. The Kier molecular flexibility index (Phi) is 13.6. The van der Waals surface area contributed by atoms with Crippen LogP contribution in [0.5, 0.6) is 0 Å². The van der Waals surface area contributed by atoms with E-state index >= 15 is 0 Å². The van der Waals surface area contributed by atoms with Crippen molar-refractivity contribution < 1.29 is 11.0 Å². The number of hydrogen-bond donors (Lipinski definition) is 2. The fourth-order valence-electron chi connectivity index (χ4n) is 3.37. The summed E-state index contributed by atoms with van der Waals surface area (Å²) in [4.78, 5) is 5.96. The first-order valence-corrected chi connectivity index (χ1v) is 25.5. The van der Waals surface area contributed by atoms with Crippen LogP contribution in [0.25, 0.3) is 10.6 Å². The number of hydrogen-bond acceptors (Lipinski definition) is 5. The molecule has 4 rings (SSSR count). The van der Waals surface area contributed by atoms with E-state index in [9.17, 15) is 0 Å². The predicted octanol–water partition coefficient (Wildman–Crippen LogP) is 5.44. The van der Waals surface area contributed by atoms with E-state index in [0.717, 1.165) is 32.4 Å². The second-order valence-electron chi connectivity index (χ2n) is 7.49. The van der Waals surface area contributed by atoms with Crippen molar-refractivity contribution in [3.63, 3.8) is 0 Å². The number of nitrogens with two attached hydrogens (primary N) is 1. The molecule has 1 aliphatic carbocycles. The van der Waals surface area contributed by atoms with E-state index < -0.39 is 13.9 Å². The maximum absolute atomic E-state index is 5.73. The van der Waals surface area contributed by atoms with E-state index in [-0.39, 0.29) is 11.0 Å². The van der Waals surface area contributed by atoms with E-state index in [1.165, 1.54) is 32.1 Å². The molecular weight excluding hydrogens is 647 g/mol. The van der Waals surface area contributed by atoms with Crippen molar-refractivity contribution in [2.75, 3.05) is 11.1 Å². The van der Waals surface area contributed by atoms with Crippen LogP contribution in [0.2, 0.25) is 0 Å². The van der Waals surface area contributed by atoms with Gasteiger partial charge in [0, 0.05) is 29.7 Å². The summed E-state index contributed by atoms with van der Waals surface area (Å²) in [6, 6.07) is 16.5. The van der Waals surface area contributed by atoms with Gasteiger partial charge in [-0.05, 0) is 61.4 Å². The standard InChI is InChI=1S/C21H25N5S.4ClH.2H2O.Sn/c1-26-21(24-17-5-3-2-4-6-17)27-20(25-26)15-7-11-18(12-8-15)23-19-13-9-16(22)10-14-19;;;;;;;/h7-14,17,23H,2-6,22H2,1H3;4*1H;2*1H2;/q;;;;;;;+4/p-4. The Balaban J connectivity index is 0.000000752. The van der Waals surface area contributed by atoms with Crippen LogP contribution in [0.4, 0.5) is 17.1 Å². The fraction of sp³-hybridized carbons (Fsp3) is 0.333. The van der Waals surface area contributed by atoms with Crippen molar-refractivity contribution in [2.45, 2.75) is 38.1 Å². The van der Waals surface area contributed by atoms with Gasteiger partial charge in [-0.15, -0.1) is 0 Å². The SMILES string of the molecule is Cn1nc(-c2ccc(Nc3ccc(N)cc3)cc2)sc1=NC1CCCCC1.O.O.[Cl][Sn]([Cl])([Cl])[Cl]. The summed E-state index contributed by atoms with van der Waals surface area (Å²) in [5.41, 5.74) is 9.67. The first-order valence-electron chi connectivity index (χ1n) is 10.2. The van der Waals surface area contributed by atoms with E-state index in [4.69, 9.17) is 46.4 Å². The monoisotopic (exact) mass is 675 g/mol. The van der Waals surface area contributed by atoms with Crippen molar-refractivity contribution in [3.05, 3.63) is 53.3 Å². The summed E-state index contributed by atoms with van der Waals surface area (Å²) in [5.74, 6) is 0. The molecule has 0 aliphatic heterocycles. The Bertz CT molecular complexity index is 1060. The molecule has 188 valence electrons. The van der Waals surface area contributed by atoms with E-state index in [1.807, 2.05) is 36.0 Å². The van der Waals surface area contributed by atoms with Gasteiger partial charge in [-0.2, -0.15) is 5.10 Å². The average molecular weight is 676 g/mol.